The first-order chi connectivity index (χ1) is 12.0. The second-order valence-corrected chi connectivity index (χ2v) is 11.9. The third kappa shape index (κ3) is 3.25. The van der Waals surface area contributed by atoms with Gasteiger partial charge in [-0.3, -0.25) is 0 Å². The summed E-state index contributed by atoms with van der Waals surface area (Å²) >= 11 is 7.39. The molecule has 0 spiro atoms. The van der Waals surface area contributed by atoms with Gasteiger partial charge in [-0.1, -0.05) is 26.0 Å². The topological polar surface area (TPSA) is 0 Å². The zero-order valence-electron chi connectivity index (χ0n) is 13.8. The Hall–Kier alpha value is 0.0700. The van der Waals surface area contributed by atoms with Gasteiger partial charge in [0.15, 0.2) is 14.3 Å². The van der Waals surface area contributed by atoms with E-state index in [1.165, 1.54) is 41.3 Å². The highest BCUT2D eigenvalue weighted by atomic mass is 127. The van der Waals surface area contributed by atoms with E-state index in [0.717, 1.165) is 0 Å². The summed E-state index contributed by atoms with van der Waals surface area (Å²) in [4.78, 5) is 1.42. The van der Waals surface area contributed by atoms with Crippen molar-refractivity contribution in [1.29, 1.82) is 0 Å². The lowest BCUT2D eigenvalue weighted by atomic mass is 10.0. The van der Waals surface area contributed by atoms with E-state index in [2.05, 4.69) is 136 Å². The van der Waals surface area contributed by atoms with Crippen LogP contribution in [0.3, 0.4) is 0 Å². The van der Waals surface area contributed by atoms with E-state index >= 15 is 0 Å². The van der Waals surface area contributed by atoms with Crippen LogP contribution < -0.4 is 0 Å². The molecule has 0 fully saturated rings. The van der Waals surface area contributed by atoms with Crippen LogP contribution in [-0.4, -0.2) is 0 Å². The van der Waals surface area contributed by atoms with E-state index in [1.54, 1.807) is 0 Å². The predicted molar refractivity (Wildman–Crippen MR) is 138 cm³/mol. The zero-order valence-corrected chi connectivity index (χ0v) is 21.1. The molecule has 4 heteroatoms. The van der Waals surface area contributed by atoms with E-state index < -0.39 is 0 Å². The summed E-state index contributed by atoms with van der Waals surface area (Å²) in [6.45, 7) is 4.51. The van der Waals surface area contributed by atoms with Crippen molar-refractivity contribution in [3.8, 4) is 4.90 Å². The average molecular weight is 681 g/mol. The van der Waals surface area contributed by atoms with Gasteiger partial charge in [0.2, 0.25) is 0 Å². The predicted octanol–water partition coefficient (Wildman–Crippen LogP) is 8.67. The monoisotopic (exact) mass is 681 g/mol. The third-order valence-electron chi connectivity index (χ3n) is 4.49. The summed E-state index contributed by atoms with van der Waals surface area (Å²) in [5, 5.41) is 2.86. The number of rotatable bonds is 2. The normalized spacial score (nSPS) is 12.5. The van der Waals surface area contributed by atoms with Gasteiger partial charge in [0.1, 0.15) is 0 Å². The molecule has 1 atom stereocenters. The molecular weight excluding hydrogens is 665 g/mol. The number of hydrogen-bond donors (Lipinski definition) is 0. The van der Waals surface area contributed by atoms with Gasteiger partial charge >= 0.3 is 0 Å². The van der Waals surface area contributed by atoms with Crippen molar-refractivity contribution < 1.29 is 0 Å². The molecule has 0 N–H and O–H groups in total. The van der Waals surface area contributed by atoms with Crippen LogP contribution in [0.4, 0.5) is 0 Å². The molecule has 0 aliphatic heterocycles. The first kappa shape index (κ1) is 18.4. The molecule has 3 aromatic carbocycles. The molecule has 0 radical (unpaired) electrons. The first-order valence-electron chi connectivity index (χ1n) is 8.09. The fourth-order valence-electron chi connectivity index (χ4n) is 3.19. The van der Waals surface area contributed by atoms with Crippen LogP contribution in [0.2, 0.25) is 0 Å². The standard InChI is InChI=1S/C21H16I3S/c1-12(2)13-3-6-15(7-4-13)25-18-9-5-14(22)11-16(18)20-19(25)10-8-17(23)21(20)24/h3-12H,1-2H3/q+1. The summed E-state index contributed by atoms with van der Waals surface area (Å²) in [6, 6.07) is 20.8. The molecule has 1 aromatic heterocycles. The van der Waals surface area contributed by atoms with E-state index in [-0.39, 0.29) is 10.5 Å². The molecule has 0 nitrogen and oxygen atoms in total. The lowest BCUT2D eigenvalue weighted by molar-refractivity contribution is 0.867. The van der Waals surface area contributed by atoms with Crippen molar-refractivity contribution in [2.24, 2.45) is 0 Å². The molecular formula is C21H16I3S+. The van der Waals surface area contributed by atoms with Crippen molar-refractivity contribution in [2.75, 3.05) is 0 Å². The zero-order chi connectivity index (χ0) is 17.7. The van der Waals surface area contributed by atoms with Crippen LogP contribution in [0.5, 0.6) is 0 Å². The molecule has 1 unspecified atom stereocenters. The highest BCUT2D eigenvalue weighted by Gasteiger charge is 2.26. The molecule has 0 bridgehead atoms. The van der Waals surface area contributed by atoms with Gasteiger partial charge in [0.25, 0.3) is 0 Å². The van der Waals surface area contributed by atoms with Crippen LogP contribution in [0.25, 0.3) is 25.1 Å². The lowest BCUT2D eigenvalue weighted by Crippen LogP contribution is -1.85. The fourth-order valence-corrected chi connectivity index (χ4v) is 7.43. The Morgan fingerprint density at radius 2 is 1.48 bits per heavy atom. The maximum atomic E-state index is 2.52. The van der Waals surface area contributed by atoms with Gasteiger partial charge in [-0.15, -0.1) is 0 Å². The minimum atomic E-state index is -0.000342. The van der Waals surface area contributed by atoms with E-state index in [1.807, 2.05) is 0 Å². The molecule has 0 amide bonds. The molecule has 126 valence electrons. The number of fused-ring (bicyclic) bond motifs is 3. The molecule has 0 aliphatic carbocycles. The van der Waals surface area contributed by atoms with Crippen LogP contribution >= 0.6 is 78.2 Å². The van der Waals surface area contributed by atoms with Crippen LogP contribution in [0.1, 0.15) is 25.3 Å². The Kier molecular flexibility index (Phi) is 5.34. The number of benzene rings is 3. The van der Waals surface area contributed by atoms with Crippen LogP contribution in [0.15, 0.2) is 54.6 Å². The molecule has 1 heterocycles. The van der Waals surface area contributed by atoms with Crippen molar-refractivity contribution in [3.05, 3.63) is 70.9 Å². The van der Waals surface area contributed by atoms with E-state index in [4.69, 9.17) is 0 Å². The van der Waals surface area contributed by atoms with Crippen LogP contribution in [-0.2, 0) is 0 Å². The summed E-state index contributed by atoms with van der Waals surface area (Å²) in [7, 11) is -0.000342. The van der Waals surface area contributed by atoms with E-state index in [0.29, 0.717) is 5.92 Å². The summed E-state index contributed by atoms with van der Waals surface area (Å²) in [6.07, 6.45) is 0. The largest absolute Gasteiger partial charge is 0.188 e. The average Bonchev–Trinajstić information content (AvgIpc) is 2.92. The molecule has 0 saturated heterocycles. The van der Waals surface area contributed by atoms with Gasteiger partial charge < -0.3 is 0 Å². The van der Waals surface area contributed by atoms with E-state index in [9.17, 15) is 0 Å². The molecule has 25 heavy (non-hydrogen) atoms. The number of hydrogen-bond acceptors (Lipinski definition) is 0. The quantitative estimate of drug-likeness (QED) is 0.147. The Morgan fingerprint density at radius 3 is 2.16 bits per heavy atom. The van der Waals surface area contributed by atoms with Gasteiger partial charge in [-0.25, -0.2) is 0 Å². The second kappa shape index (κ2) is 7.24. The van der Waals surface area contributed by atoms with Crippen molar-refractivity contribution >= 4 is 98.4 Å². The highest BCUT2D eigenvalue weighted by molar-refractivity contribution is 14.1. The van der Waals surface area contributed by atoms with Gasteiger partial charge in [-0.05, 0) is 116 Å². The first-order valence-corrected chi connectivity index (χ1v) is 12.6. The Bertz CT molecular complexity index is 1090. The Morgan fingerprint density at radius 1 is 0.800 bits per heavy atom. The number of halogens is 3. The lowest BCUT2D eigenvalue weighted by Gasteiger charge is -2.03. The maximum absolute atomic E-state index is 2.52. The van der Waals surface area contributed by atoms with Crippen molar-refractivity contribution in [2.45, 2.75) is 19.8 Å². The van der Waals surface area contributed by atoms with Crippen molar-refractivity contribution in [1.82, 2.24) is 0 Å². The van der Waals surface area contributed by atoms with Crippen LogP contribution in [0, 0.1) is 10.7 Å². The second-order valence-electron chi connectivity index (χ2n) is 6.40. The summed E-state index contributed by atoms with van der Waals surface area (Å²) < 4.78 is 6.96. The van der Waals surface area contributed by atoms with Gasteiger partial charge in [-0.2, -0.15) is 0 Å². The highest BCUT2D eigenvalue weighted by Crippen LogP contribution is 2.50. The minimum absolute atomic E-state index is 0.000342. The molecule has 4 rings (SSSR count). The number of thiophene rings is 1. The summed E-state index contributed by atoms with van der Waals surface area (Å²) in [5.74, 6) is 0.574. The Labute approximate surface area is 191 Å². The fraction of sp³-hybridized carbons (Fsp3) is 0.143. The molecule has 4 aromatic rings. The SMILES string of the molecule is CC(C)c1ccc(-[s+]2c3ccc(I)cc3c3c(I)c(I)ccc32)cc1. The van der Waals surface area contributed by atoms with Gasteiger partial charge in [0, 0.05) is 32.6 Å². The van der Waals surface area contributed by atoms with Crippen molar-refractivity contribution in [3.63, 3.8) is 0 Å². The molecule has 0 saturated carbocycles. The Balaban J connectivity index is 2.10. The molecule has 0 aliphatic rings. The third-order valence-corrected chi connectivity index (χ3v) is 10.5. The minimum Gasteiger partial charge on any atom is -0.0587 e. The smallest absolute Gasteiger partial charge is 0.0587 e. The summed E-state index contributed by atoms with van der Waals surface area (Å²) in [5.41, 5.74) is 1.41. The maximum Gasteiger partial charge on any atom is 0.188 e. The van der Waals surface area contributed by atoms with Gasteiger partial charge in [0.05, 0.1) is 5.39 Å².